The number of amides is 1. The molecule has 0 aromatic heterocycles. The lowest BCUT2D eigenvalue weighted by Gasteiger charge is -2.09. The summed E-state index contributed by atoms with van der Waals surface area (Å²) in [5.41, 5.74) is 3.26. The Hall–Kier alpha value is -0.830. The molecule has 1 N–H and O–H groups in total. The zero-order valence-electron chi connectivity index (χ0n) is 14.1. The maximum absolute atomic E-state index is 12.0. The first-order chi connectivity index (χ1) is 10.6. The van der Waals surface area contributed by atoms with Crippen molar-refractivity contribution in [3.63, 3.8) is 0 Å². The molecule has 0 atom stereocenters. The van der Waals surface area contributed by atoms with E-state index in [4.69, 9.17) is 0 Å². The number of hydrogen-bond acceptors (Lipinski definition) is 1. The van der Waals surface area contributed by atoms with E-state index in [2.05, 4.69) is 33.4 Å². The molecule has 0 aliphatic rings. The quantitative estimate of drug-likeness (QED) is 0.368. The van der Waals surface area contributed by atoms with Crippen molar-refractivity contribution in [1.82, 2.24) is 0 Å². The average molecular weight is 368 g/mol. The van der Waals surface area contributed by atoms with Gasteiger partial charge in [-0.05, 0) is 43.9 Å². The molecule has 22 heavy (non-hydrogen) atoms. The van der Waals surface area contributed by atoms with Gasteiger partial charge in [0, 0.05) is 17.4 Å². The van der Waals surface area contributed by atoms with E-state index < -0.39 is 0 Å². The number of anilines is 1. The third-order valence-corrected chi connectivity index (χ3v) is 4.52. The number of alkyl halides is 1. The highest BCUT2D eigenvalue weighted by atomic mass is 79.9. The lowest BCUT2D eigenvalue weighted by Crippen LogP contribution is -2.12. The minimum absolute atomic E-state index is 0.144. The minimum atomic E-state index is 0.144. The van der Waals surface area contributed by atoms with Crippen LogP contribution in [-0.4, -0.2) is 11.2 Å². The van der Waals surface area contributed by atoms with Crippen molar-refractivity contribution in [3.05, 3.63) is 29.3 Å². The summed E-state index contributed by atoms with van der Waals surface area (Å²) < 4.78 is 0. The molecule has 0 aliphatic carbocycles. The van der Waals surface area contributed by atoms with E-state index in [-0.39, 0.29) is 5.91 Å². The van der Waals surface area contributed by atoms with Gasteiger partial charge in [0.15, 0.2) is 0 Å². The lowest BCUT2D eigenvalue weighted by molar-refractivity contribution is -0.116. The topological polar surface area (TPSA) is 29.1 Å². The van der Waals surface area contributed by atoms with Crippen LogP contribution >= 0.6 is 15.9 Å². The van der Waals surface area contributed by atoms with Gasteiger partial charge in [-0.2, -0.15) is 0 Å². The predicted molar refractivity (Wildman–Crippen MR) is 99.9 cm³/mol. The molecule has 1 amide bonds. The fourth-order valence-corrected chi connectivity index (χ4v) is 2.92. The molecule has 1 aromatic carbocycles. The van der Waals surface area contributed by atoms with Gasteiger partial charge in [0.05, 0.1) is 0 Å². The number of nitrogens with one attached hydrogen (secondary N) is 1. The van der Waals surface area contributed by atoms with Gasteiger partial charge in [0.2, 0.25) is 5.91 Å². The summed E-state index contributed by atoms with van der Waals surface area (Å²) in [4.78, 5) is 12.0. The summed E-state index contributed by atoms with van der Waals surface area (Å²) in [7, 11) is 0. The number of carbonyl (C=O) groups excluding carboxylic acids is 1. The molecule has 124 valence electrons. The molecule has 1 rings (SSSR count). The molecular weight excluding hydrogens is 338 g/mol. The molecule has 3 heteroatoms. The first kappa shape index (κ1) is 19.2. The van der Waals surface area contributed by atoms with Crippen molar-refractivity contribution >= 4 is 27.5 Å². The highest BCUT2D eigenvalue weighted by Crippen LogP contribution is 2.17. The molecule has 0 radical (unpaired) electrons. The predicted octanol–water partition coefficient (Wildman–Crippen LogP) is 6.15. The van der Waals surface area contributed by atoms with Gasteiger partial charge in [-0.3, -0.25) is 4.79 Å². The fourth-order valence-electron chi connectivity index (χ4n) is 2.52. The molecule has 0 saturated heterocycles. The van der Waals surface area contributed by atoms with Crippen LogP contribution in [0.5, 0.6) is 0 Å². The molecule has 0 heterocycles. The molecule has 2 nitrogen and oxygen atoms in total. The lowest BCUT2D eigenvalue weighted by atomic mass is 10.1. The Morgan fingerprint density at radius 2 is 1.55 bits per heavy atom. The van der Waals surface area contributed by atoms with Gasteiger partial charge < -0.3 is 5.32 Å². The number of rotatable bonds is 11. The zero-order chi connectivity index (χ0) is 16.2. The average Bonchev–Trinajstić information content (AvgIpc) is 2.49. The number of unbranched alkanes of at least 4 members (excludes halogenated alkanes) is 7. The monoisotopic (exact) mass is 367 g/mol. The maximum Gasteiger partial charge on any atom is 0.224 e. The van der Waals surface area contributed by atoms with Gasteiger partial charge >= 0.3 is 0 Å². The highest BCUT2D eigenvalue weighted by Gasteiger charge is 2.04. The van der Waals surface area contributed by atoms with Crippen LogP contribution in [0.4, 0.5) is 5.69 Å². The number of carbonyl (C=O) groups is 1. The fraction of sp³-hybridized carbons (Fsp3) is 0.632. The van der Waals surface area contributed by atoms with E-state index in [9.17, 15) is 4.79 Å². The van der Waals surface area contributed by atoms with Crippen LogP contribution in [0.3, 0.4) is 0 Å². The standard InChI is InChI=1S/C19H30BrNO/c1-16-12-13-17(2)18(15-16)21-19(22)11-9-7-5-3-4-6-8-10-14-20/h12-13,15H,3-11,14H2,1-2H3,(H,21,22). The molecule has 0 spiro atoms. The van der Waals surface area contributed by atoms with E-state index in [1.165, 1.54) is 50.5 Å². The summed E-state index contributed by atoms with van der Waals surface area (Å²) in [5, 5.41) is 4.16. The van der Waals surface area contributed by atoms with Crippen LogP contribution in [0.1, 0.15) is 68.9 Å². The van der Waals surface area contributed by atoms with Crippen molar-refractivity contribution in [2.75, 3.05) is 10.6 Å². The SMILES string of the molecule is Cc1ccc(C)c(NC(=O)CCCCCCCCCCBr)c1. The largest absolute Gasteiger partial charge is 0.326 e. The second-order valence-electron chi connectivity index (χ2n) is 6.13. The summed E-state index contributed by atoms with van der Waals surface area (Å²) >= 11 is 3.46. The van der Waals surface area contributed by atoms with Crippen LogP contribution in [0.2, 0.25) is 0 Å². The van der Waals surface area contributed by atoms with E-state index >= 15 is 0 Å². The van der Waals surface area contributed by atoms with Gasteiger partial charge in [-0.15, -0.1) is 0 Å². The number of halogens is 1. The molecule has 0 unspecified atom stereocenters. The van der Waals surface area contributed by atoms with Crippen molar-refractivity contribution in [1.29, 1.82) is 0 Å². The normalized spacial score (nSPS) is 10.7. The second-order valence-corrected chi connectivity index (χ2v) is 6.93. The van der Waals surface area contributed by atoms with Crippen LogP contribution in [0, 0.1) is 13.8 Å². The summed E-state index contributed by atoms with van der Waals surface area (Å²) in [6, 6.07) is 6.17. The first-order valence-electron chi connectivity index (χ1n) is 8.56. The smallest absolute Gasteiger partial charge is 0.224 e. The zero-order valence-corrected chi connectivity index (χ0v) is 15.7. The maximum atomic E-state index is 12.0. The van der Waals surface area contributed by atoms with Gasteiger partial charge in [0.1, 0.15) is 0 Å². The molecule has 1 aromatic rings. The van der Waals surface area contributed by atoms with Crippen molar-refractivity contribution < 1.29 is 4.79 Å². The molecule has 0 bridgehead atoms. The summed E-state index contributed by atoms with van der Waals surface area (Å²) in [6.07, 6.45) is 10.7. The molecular formula is C19H30BrNO. The Bertz CT molecular complexity index is 445. The Morgan fingerprint density at radius 1 is 0.955 bits per heavy atom. The third kappa shape index (κ3) is 8.57. The van der Waals surface area contributed by atoms with Crippen LogP contribution in [0.25, 0.3) is 0 Å². The van der Waals surface area contributed by atoms with Crippen molar-refractivity contribution in [2.45, 2.75) is 71.6 Å². The Morgan fingerprint density at radius 3 is 2.18 bits per heavy atom. The van der Waals surface area contributed by atoms with E-state index in [0.717, 1.165) is 23.0 Å². The van der Waals surface area contributed by atoms with E-state index in [1.807, 2.05) is 19.9 Å². The van der Waals surface area contributed by atoms with Crippen LogP contribution in [-0.2, 0) is 4.79 Å². The summed E-state index contributed by atoms with van der Waals surface area (Å²) in [6.45, 7) is 4.08. The van der Waals surface area contributed by atoms with E-state index in [1.54, 1.807) is 0 Å². The minimum Gasteiger partial charge on any atom is -0.326 e. The molecule has 0 fully saturated rings. The number of aryl methyl sites for hydroxylation is 2. The van der Waals surface area contributed by atoms with Gasteiger partial charge in [0.25, 0.3) is 0 Å². The second kappa shape index (κ2) is 11.7. The third-order valence-electron chi connectivity index (χ3n) is 3.95. The summed E-state index contributed by atoms with van der Waals surface area (Å²) in [5.74, 6) is 0.144. The Balaban J connectivity index is 2.07. The van der Waals surface area contributed by atoms with Crippen LogP contribution < -0.4 is 5.32 Å². The first-order valence-corrected chi connectivity index (χ1v) is 9.68. The number of hydrogen-bond donors (Lipinski definition) is 1. The van der Waals surface area contributed by atoms with Crippen molar-refractivity contribution in [3.8, 4) is 0 Å². The van der Waals surface area contributed by atoms with Gasteiger partial charge in [-0.1, -0.05) is 66.6 Å². The number of benzene rings is 1. The molecule has 0 saturated carbocycles. The Kier molecular flexibility index (Phi) is 10.2. The molecule has 0 aliphatic heterocycles. The van der Waals surface area contributed by atoms with Crippen molar-refractivity contribution in [2.24, 2.45) is 0 Å². The Labute approximate surface area is 144 Å². The van der Waals surface area contributed by atoms with Crippen LogP contribution in [0.15, 0.2) is 18.2 Å². The van der Waals surface area contributed by atoms with E-state index in [0.29, 0.717) is 6.42 Å². The van der Waals surface area contributed by atoms with Gasteiger partial charge in [-0.25, -0.2) is 0 Å². The highest BCUT2D eigenvalue weighted by molar-refractivity contribution is 9.09.